The van der Waals surface area contributed by atoms with Crippen molar-refractivity contribution in [2.24, 2.45) is 11.7 Å². The predicted octanol–water partition coefficient (Wildman–Crippen LogP) is 3.09. The number of nitrogens with two attached hydrogens (primary N) is 1. The van der Waals surface area contributed by atoms with Gasteiger partial charge in [0.1, 0.15) is 5.75 Å². The normalized spacial score (nSPS) is 27.1. The zero-order valence-electron chi connectivity index (χ0n) is 11.2. The summed E-state index contributed by atoms with van der Waals surface area (Å²) < 4.78 is 11.5. The van der Waals surface area contributed by atoms with Crippen LogP contribution in [-0.4, -0.2) is 19.3 Å². The van der Waals surface area contributed by atoms with Crippen molar-refractivity contribution < 1.29 is 9.47 Å². The molecule has 0 amide bonds. The van der Waals surface area contributed by atoms with E-state index in [0.29, 0.717) is 5.92 Å². The number of fused-ring (bicyclic) bond motifs is 1. The Morgan fingerprint density at radius 2 is 2.26 bits per heavy atom. The fourth-order valence-corrected chi connectivity index (χ4v) is 3.52. The summed E-state index contributed by atoms with van der Waals surface area (Å²) >= 11 is 6.21. The minimum atomic E-state index is -0.0574. The average molecular weight is 282 g/mol. The van der Waals surface area contributed by atoms with Gasteiger partial charge in [0.15, 0.2) is 0 Å². The van der Waals surface area contributed by atoms with Crippen LogP contribution in [0.1, 0.15) is 36.9 Å². The molecule has 2 aliphatic rings. The van der Waals surface area contributed by atoms with Crippen molar-refractivity contribution in [3.63, 3.8) is 0 Å². The van der Waals surface area contributed by atoms with Gasteiger partial charge < -0.3 is 15.2 Å². The summed E-state index contributed by atoms with van der Waals surface area (Å²) in [5, 5.41) is 0.752. The lowest BCUT2D eigenvalue weighted by molar-refractivity contribution is 0.0811. The van der Waals surface area contributed by atoms with Gasteiger partial charge in [-0.1, -0.05) is 18.5 Å². The first-order valence-electron chi connectivity index (χ1n) is 7.03. The van der Waals surface area contributed by atoms with E-state index in [9.17, 15) is 0 Å². The fraction of sp³-hybridized carbons (Fsp3) is 0.600. The van der Waals surface area contributed by atoms with Gasteiger partial charge in [-0.15, -0.1) is 0 Å². The molecule has 104 valence electrons. The van der Waals surface area contributed by atoms with Gasteiger partial charge >= 0.3 is 0 Å². The molecule has 1 aromatic carbocycles. The Hall–Kier alpha value is -0.770. The smallest absolute Gasteiger partial charge is 0.127 e. The molecule has 19 heavy (non-hydrogen) atoms. The first kappa shape index (κ1) is 13.2. The van der Waals surface area contributed by atoms with E-state index >= 15 is 0 Å². The highest BCUT2D eigenvalue weighted by molar-refractivity contribution is 6.30. The second-order valence-electron chi connectivity index (χ2n) is 5.38. The van der Waals surface area contributed by atoms with Crippen molar-refractivity contribution >= 4 is 11.6 Å². The van der Waals surface area contributed by atoms with Gasteiger partial charge in [-0.2, -0.15) is 0 Å². The Bertz CT molecular complexity index is 477. The average Bonchev–Trinajstić information content (AvgIpc) is 3.04. The van der Waals surface area contributed by atoms with E-state index in [0.717, 1.165) is 48.8 Å². The molecule has 1 saturated heterocycles. The van der Waals surface area contributed by atoms with Gasteiger partial charge in [0, 0.05) is 35.6 Å². The van der Waals surface area contributed by atoms with Crippen LogP contribution in [0.15, 0.2) is 12.1 Å². The molecule has 2 N–H and O–H groups in total. The van der Waals surface area contributed by atoms with E-state index in [4.69, 9.17) is 26.8 Å². The van der Waals surface area contributed by atoms with Gasteiger partial charge in [0.05, 0.1) is 12.7 Å². The quantitative estimate of drug-likeness (QED) is 0.926. The Morgan fingerprint density at radius 1 is 1.42 bits per heavy atom. The van der Waals surface area contributed by atoms with Crippen LogP contribution in [-0.2, 0) is 11.2 Å². The van der Waals surface area contributed by atoms with E-state index < -0.39 is 0 Å². The third-order valence-corrected chi connectivity index (χ3v) is 4.48. The summed E-state index contributed by atoms with van der Waals surface area (Å²) in [6, 6.07) is 3.89. The van der Waals surface area contributed by atoms with Crippen molar-refractivity contribution in [2.75, 3.05) is 13.2 Å². The van der Waals surface area contributed by atoms with Crippen LogP contribution in [0.4, 0.5) is 0 Å². The van der Waals surface area contributed by atoms with Gasteiger partial charge in [0.2, 0.25) is 0 Å². The molecule has 0 saturated carbocycles. The summed E-state index contributed by atoms with van der Waals surface area (Å²) in [5.74, 6) is 1.32. The molecule has 0 bridgehead atoms. The van der Waals surface area contributed by atoms with E-state index in [-0.39, 0.29) is 12.1 Å². The molecule has 0 radical (unpaired) electrons. The second-order valence-corrected chi connectivity index (χ2v) is 5.81. The maximum absolute atomic E-state index is 6.49. The van der Waals surface area contributed by atoms with Crippen molar-refractivity contribution in [3.8, 4) is 5.75 Å². The Kier molecular flexibility index (Phi) is 3.70. The molecule has 3 nitrogen and oxygen atoms in total. The number of ether oxygens (including phenoxy) is 2. The van der Waals surface area contributed by atoms with Crippen LogP contribution in [0.5, 0.6) is 5.75 Å². The first-order valence-corrected chi connectivity index (χ1v) is 7.40. The van der Waals surface area contributed by atoms with Crippen LogP contribution < -0.4 is 10.5 Å². The molecule has 3 unspecified atom stereocenters. The minimum absolute atomic E-state index is 0.0574. The van der Waals surface area contributed by atoms with Gasteiger partial charge in [-0.25, -0.2) is 0 Å². The maximum atomic E-state index is 6.49. The lowest BCUT2D eigenvalue weighted by Crippen LogP contribution is -2.28. The summed E-state index contributed by atoms with van der Waals surface area (Å²) in [6.07, 6.45) is 3.20. The molecule has 1 fully saturated rings. The third-order valence-electron chi connectivity index (χ3n) is 4.26. The second kappa shape index (κ2) is 5.31. The molecule has 3 rings (SSSR count). The molecule has 0 spiro atoms. The van der Waals surface area contributed by atoms with Crippen LogP contribution in [0, 0.1) is 5.92 Å². The van der Waals surface area contributed by atoms with Gasteiger partial charge in [0.25, 0.3) is 0 Å². The van der Waals surface area contributed by atoms with Crippen molar-refractivity contribution in [3.05, 3.63) is 28.3 Å². The molecule has 0 aliphatic carbocycles. The highest BCUT2D eigenvalue weighted by Gasteiger charge is 2.35. The standard InChI is InChI=1S/C15H20ClNO2/c1-2-13-11(4-6-18-13)14(17)12-8-10(16)7-9-3-5-19-15(9)12/h7-8,11,13-14H,2-6,17H2,1H3. The molecular weight excluding hydrogens is 262 g/mol. The van der Waals surface area contributed by atoms with E-state index in [1.165, 1.54) is 5.56 Å². The van der Waals surface area contributed by atoms with Crippen LogP contribution in [0.25, 0.3) is 0 Å². The molecular formula is C15H20ClNO2. The van der Waals surface area contributed by atoms with Crippen LogP contribution in [0.3, 0.4) is 0 Å². The maximum Gasteiger partial charge on any atom is 0.127 e. The number of benzene rings is 1. The Labute approximate surface area is 119 Å². The minimum Gasteiger partial charge on any atom is -0.493 e. The lowest BCUT2D eigenvalue weighted by atomic mass is 9.86. The third kappa shape index (κ3) is 2.35. The zero-order valence-corrected chi connectivity index (χ0v) is 12.0. The van der Waals surface area contributed by atoms with Crippen molar-refractivity contribution in [2.45, 2.75) is 38.3 Å². The topological polar surface area (TPSA) is 44.5 Å². The molecule has 4 heteroatoms. The zero-order chi connectivity index (χ0) is 13.4. The number of hydrogen-bond acceptors (Lipinski definition) is 3. The molecule has 3 atom stereocenters. The molecule has 2 aliphatic heterocycles. The van der Waals surface area contributed by atoms with Gasteiger partial charge in [-0.05, 0) is 30.5 Å². The van der Waals surface area contributed by atoms with E-state index in [2.05, 4.69) is 6.92 Å². The largest absolute Gasteiger partial charge is 0.493 e. The van der Waals surface area contributed by atoms with E-state index in [1.807, 2.05) is 12.1 Å². The van der Waals surface area contributed by atoms with Crippen LogP contribution >= 0.6 is 11.6 Å². The van der Waals surface area contributed by atoms with Gasteiger partial charge in [-0.3, -0.25) is 0 Å². The highest BCUT2D eigenvalue weighted by atomic mass is 35.5. The van der Waals surface area contributed by atoms with E-state index in [1.54, 1.807) is 0 Å². The molecule has 0 aromatic heterocycles. The summed E-state index contributed by atoms with van der Waals surface area (Å²) in [5.41, 5.74) is 8.72. The summed E-state index contributed by atoms with van der Waals surface area (Å²) in [4.78, 5) is 0. The molecule has 1 aromatic rings. The van der Waals surface area contributed by atoms with Crippen LogP contribution in [0.2, 0.25) is 5.02 Å². The Morgan fingerprint density at radius 3 is 3.05 bits per heavy atom. The number of halogens is 1. The predicted molar refractivity (Wildman–Crippen MR) is 75.7 cm³/mol. The summed E-state index contributed by atoms with van der Waals surface area (Å²) in [6.45, 7) is 3.68. The monoisotopic (exact) mass is 281 g/mol. The first-order chi connectivity index (χ1) is 9.20. The van der Waals surface area contributed by atoms with Crippen molar-refractivity contribution in [1.82, 2.24) is 0 Å². The Balaban J connectivity index is 1.93. The highest BCUT2D eigenvalue weighted by Crippen LogP contribution is 2.41. The van der Waals surface area contributed by atoms with Crippen molar-refractivity contribution in [1.29, 1.82) is 0 Å². The SMILES string of the molecule is CCC1OCCC1C(N)c1cc(Cl)cc2c1OCC2. The lowest BCUT2D eigenvalue weighted by Gasteiger charge is -2.25. The summed E-state index contributed by atoms with van der Waals surface area (Å²) in [7, 11) is 0. The number of rotatable bonds is 3. The molecule has 2 heterocycles. The fourth-order valence-electron chi connectivity index (χ4n) is 3.27. The number of hydrogen-bond donors (Lipinski definition) is 1.